The summed E-state index contributed by atoms with van der Waals surface area (Å²) in [6, 6.07) is 0. The van der Waals surface area contributed by atoms with E-state index in [1.165, 1.54) is 0 Å². The molecule has 0 saturated carbocycles. The van der Waals surface area contributed by atoms with Crippen molar-refractivity contribution in [1.82, 2.24) is 0 Å². The van der Waals surface area contributed by atoms with E-state index >= 15 is 0 Å². The summed E-state index contributed by atoms with van der Waals surface area (Å²) in [5, 5.41) is 0. The summed E-state index contributed by atoms with van der Waals surface area (Å²) in [5.74, 6) is 0. The van der Waals surface area contributed by atoms with Gasteiger partial charge in [-0.05, 0) is 23.6 Å². The Hall–Kier alpha value is -0.600. The molecule has 0 aromatic carbocycles. The molecule has 0 aliphatic heterocycles. The van der Waals surface area contributed by atoms with Gasteiger partial charge < -0.3 is 4.74 Å². The Morgan fingerprint density at radius 1 is 1.31 bits per heavy atom. The summed E-state index contributed by atoms with van der Waals surface area (Å²) in [4.78, 5) is 0. The second kappa shape index (κ2) is 6.87. The molecule has 0 N–H and O–H groups in total. The van der Waals surface area contributed by atoms with Crippen LogP contribution in [-0.4, -0.2) is 13.7 Å². The molecule has 72 valence electrons. The quantitative estimate of drug-likeness (QED) is 0.647. The van der Waals surface area contributed by atoms with Crippen molar-refractivity contribution in [3.05, 3.63) is 47.5 Å². The van der Waals surface area contributed by atoms with Gasteiger partial charge in [-0.15, -0.1) is 0 Å². The third-order valence-electron chi connectivity index (χ3n) is 1.53. The molecule has 0 fully saturated rings. The van der Waals surface area contributed by atoms with E-state index in [1.807, 2.05) is 12.2 Å². The van der Waals surface area contributed by atoms with E-state index in [2.05, 4.69) is 35.7 Å². The minimum atomic E-state index is 0.682. The summed E-state index contributed by atoms with van der Waals surface area (Å²) in [6.45, 7) is 12.1. The molecule has 0 rings (SSSR count). The highest BCUT2D eigenvalue weighted by molar-refractivity contribution is 9.11. The molecule has 0 aliphatic rings. The van der Waals surface area contributed by atoms with Crippen LogP contribution in [0, 0.1) is 0 Å². The van der Waals surface area contributed by atoms with E-state index in [-0.39, 0.29) is 0 Å². The third-order valence-corrected chi connectivity index (χ3v) is 1.79. The molecule has 0 radical (unpaired) electrons. The molecule has 0 heterocycles. The maximum absolute atomic E-state index is 4.94. The first-order valence-corrected chi connectivity index (χ1v) is 4.75. The van der Waals surface area contributed by atoms with Crippen LogP contribution < -0.4 is 0 Å². The molecule has 2 heteroatoms. The summed E-state index contributed by atoms with van der Waals surface area (Å²) in [6.07, 6.45) is 4.55. The summed E-state index contributed by atoms with van der Waals surface area (Å²) in [5.41, 5.74) is 1.91. The normalized spacial score (nSPS) is 10.3. The molecule has 1 nitrogen and oxygen atoms in total. The largest absolute Gasteiger partial charge is 0.384 e. The monoisotopic (exact) mass is 242 g/mol. The lowest BCUT2D eigenvalue weighted by atomic mass is 10.1. The molecular weight excluding hydrogens is 228 g/mol. The highest BCUT2D eigenvalue weighted by atomic mass is 79.9. The average molecular weight is 243 g/mol. The fraction of sp³-hybridized carbons (Fsp3) is 0.273. The number of hydrogen-bond donors (Lipinski definition) is 0. The zero-order chi connectivity index (χ0) is 10.3. The van der Waals surface area contributed by atoms with Crippen LogP contribution in [0.2, 0.25) is 0 Å². The van der Waals surface area contributed by atoms with Crippen LogP contribution in [0.1, 0.15) is 6.42 Å². The molecule has 0 aromatic heterocycles. The number of ether oxygens (including phenoxy) is 1. The molecule has 0 unspecified atom stereocenters. The number of allylic oxidation sites excluding steroid dienone is 4. The standard InChI is InChI=1S/C11H15BrO/c1-9(5-6-11(3)12)10(2)7-8-13-4/h5-6H,1-3,7-8H2,4H3/b6-5-. The molecule has 13 heavy (non-hydrogen) atoms. The van der Waals surface area contributed by atoms with Crippen LogP contribution in [-0.2, 0) is 4.74 Å². The molecule has 0 aliphatic carbocycles. The Bertz CT molecular complexity index is 238. The molecule has 0 saturated heterocycles. The first kappa shape index (κ1) is 12.4. The van der Waals surface area contributed by atoms with Crippen molar-refractivity contribution < 1.29 is 4.74 Å². The van der Waals surface area contributed by atoms with Crippen LogP contribution in [0.15, 0.2) is 47.5 Å². The second-order valence-electron chi connectivity index (χ2n) is 2.65. The Balaban J connectivity index is 3.97. The van der Waals surface area contributed by atoms with Gasteiger partial charge in [0.15, 0.2) is 0 Å². The van der Waals surface area contributed by atoms with Crippen molar-refractivity contribution in [3.8, 4) is 0 Å². The first-order valence-electron chi connectivity index (χ1n) is 3.96. The van der Waals surface area contributed by atoms with Gasteiger partial charge in [-0.1, -0.05) is 41.7 Å². The highest BCUT2D eigenvalue weighted by Crippen LogP contribution is 2.13. The lowest BCUT2D eigenvalue weighted by molar-refractivity contribution is 0.203. The fourth-order valence-electron chi connectivity index (χ4n) is 0.695. The number of hydrogen-bond acceptors (Lipinski definition) is 1. The first-order chi connectivity index (χ1) is 6.07. The molecule has 0 amide bonds. The van der Waals surface area contributed by atoms with Gasteiger partial charge >= 0.3 is 0 Å². The second-order valence-corrected chi connectivity index (χ2v) is 3.67. The SMILES string of the molecule is C=C(Br)/C=C\C(=C)C(=C)CCOC. The van der Waals surface area contributed by atoms with Crippen molar-refractivity contribution in [2.24, 2.45) is 0 Å². The average Bonchev–Trinajstić information content (AvgIpc) is 2.10. The van der Waals surface area contributed by atoms with Gasteiger partial charge in [-0.2, -0.15) is 0 Å². The fourth-order valence-corrected chi connectivity index (χ4v) is 0.827. The van der Waals surface area contributed by atoms with Gasteiger partial charge in [0.05, 0.1) is 6.61 Å². The van der Waals surface area contributed by atoms with Crippen LogP contribution in [0.4, 0.5) is 0 Å². The smallest absolute Gasteiger partial charge is 0.0502 e. The van der Waals surface area contributed by atoms with E-state index in [9.17, 15) is 0 Å². The van der Waals surface area contributed by atoms with Crippen LogP contribution >= 0.6 is 15.9 Å². The maximum atomic E-state index is 4.94. The van der Waals surface area contributed by atoms with E-state index in [1.54, 1.807) is 7.11 Å². The van der Waals surface area contributed by atoms with Crippen molar-refractivity contribution in [2.45, 2.75) is 6.42 Å². The van der Waals surface area contributed by atoms with Crippen LogP contribution in [0.3, 0.4) is 0 Å². The minimum absolute atomic E-state index is 0.682. The predicted molar refractivity (Wildman–Crippen MR) is 62.0 cm³/mol. The Morgan fingerprint density at radius 3 is 2.38 bits per heavy atom. The van der Waals surface area contributed by atoms with Gasteiger partial charge in [0.2, 0.25) is 0 Å². The zero-order valence-electron chi connectivity index (χ0n) is 7.98. The van der Waals surface area contributed by atoms with E-state index in [0.29, 0.717) is 6.61 Å². The number of rotatable bonds is 6. The molecular formula is C11H15BrO. The number of methoxy groups -OCH3 is 1. The Labute approximate surface area is 88.6 Å². The van der Waals surface area contributed by atoms with Crippen LogP contribution in [0.25, 0.3) is 0 Å². The van der Waals surface area contributed by atoms with Crippen molar-refractivity contribution in [1.29, 1.82) is 0 Å². The summed E-state index contributed by atoms with van der Waals surface area (Å²) < 4.78 is 5.76. The third kappa shape index (κ3) is 6.55. The zero-order valence-corrected chi connectivity index (χ0v) is 9.56. The summed E-state index contributed by atoms with van der Waals surface area (Å²) in [7, 11) is 1.67. The van der Waals surface area contributed by atoms with E-state index in [0.717, 1.165) is 22.0 Å². The van der Waals surface area contributed by atoms with Crippen molar-refractivity contribution >= 4 is 15.9 Å². The van der Waals surface area contributed by atoms with Gasteiger partial charge in [0, 0.05) is 11.6 Å². The van der Waals surface area contributed by atoms with Gasteiger partial charge in [-0.3, -0.25) is 0 Å². The lowest BCUT2D eigenvalue weighted by Crippen LogP contribution is -1.91. The molecule has 0 spiro atoms. The van der Waals surface area contributed by atoms with Gasteiger partial charge in [0.25, 0.3) is 0 Å². The van der Waals surface area contributed by atoms with Gasteiger partial charge in [0.1, 0.15) is 0 Å². The van der Waals surface area contributed by atoms with Crippen LogP contribution in [0.5, 0.6) is 0 Å². The topological polar surface area (TPSA) is 9.23 Å². The molecule has 0 atom stereocenters. The Morgan fingerprint density at radius 2 is 1.92 bits per heavy atom. The van der Waals surface area contributed by atoms with Crippen molar-refractivity contribution in [2.75, 3.05) is 13.7 Å². The van der Waals surface area contributed by atoms with Crippen molar-refractivity contribution in [3.63, 3.8) is 0 Å². The molecule has 0 bridgehead atoms. The van der Waals surface area contributed by atoms with E-state index < -0.39 is 0 Å². The van der Waals surface area contributed by atoms with Gasteiger partial charge in [-0.25, -0.2) is 0 Å². The molecule has 0 aromatic rings. The minimum Gasteiger partial charge on any atom is -0.384 e. The number of halogens is 1. The summed E-state index contributed by atoms with van der Waals surface area (Å²) >= 11 is 3.23. The van der Waals surface area contributed by atoms with E-state index in [4.69, 9.17) is 4.74 Å². The maximum Gasteiger partial charge on any atom is 0.0502 e. The Kier molecular flexibility index (Phi) is 6.55. The highest BCUT2D eigenvalue weighted by Gasteiger charge is 1.95. The predicted octanol–water partition coefficient (Wildman–Crippen LogP) is 3.60. The lowest BCUT2D eigenvalue weighted by Gasteiger charge is -2.03.